The van der Waals surface area contributed by atoms with Gasteiger partial charge in [-0.2, -0.15) is 0 Å². The number of nitrogens with two attached hydrogens (primary N) is 1. The summed E-state index contributed by atoms with van der Waals surface area (Å²) in [6, 6.07) is 13.9. The second kappa shape index (κ2) is 4.69. The summed E-state index contributed by atoms with van der Waals surface area (Å²) in [5.74, 6) is 1.28. The quantitative estimate of drug-likeness (QED) is 0.842. The fourth-order valence-corrected chi connectivity index (χ4v) is 1.72. The zero-order valence-electron chi connectivity index (χ0n) is 11.1. The molecule has 0 aliphatic carbocycles. The van der Waals surface area contributed by atoms with Crippen molar-refractivity contribution in [2.24, 2.45) is 0 Å². The molecule has 1 aromatic heterocycles. The molecule has 0 unspecified atom stereocenters. The Kier molecular flexibility index (Phi) is 3.24. The number of aromatic nitrogens is 1. The number of nitrogen functional groups attached to an aromatic ring is 1. The first-order valence-corrected chi connectivity index (χ1v) is 6.05. The molecule has 0 amide bonds. The highest BCUT2D eigenvalue weighted by Crippen LogP contribution is 2.24. The number of pyridine rings is 1. The monoisotopic (exact) mass is 241 g/mol. The molecule has 0 atom stereocenters. The maximum absolute atomic E-state index is 5.64. The van der Waals surface area contributed by atoms with Gasteiger partial charge in [0.15, 0.2) is 0 Å². The summed E-state index contributed by atoms with van der Waals surface area (Å²) in [7, 11) is 0. The van der Waals surface area contributed by atoms with Gasteiger partial charge >= 0.3 is 0 Å². The van der Waals surface area contributed by atoms with Crippen molar-refractivity contribution in [3.05, 3.63) is 48.0 Å². The van der Waals surface area contributed by atoms with Gasteiger partial charge in [-0.3, -0.25) is 0 Å². The minimum absolute atomic E-state index is 0.175. The van der Waals surface area contributed by atoms with E-state index < -0.39 is 0 Å². The largest absolute Gasteiger partial charge is 0.384 e. The number of benzene rings is 1. The molecule has 94 valence electrons. The van der Waals surface area contributed by atoms with Crippen LogP contribution in [0.15, 0.2) is 42.5 Å². The van der Waals surface area contributed by atoms with E-state index in [1.807, 2.05) is 12.1 Å². The highest BCUT2D eigenvalue weighted by Gasteiger charge is 2.12. The Bertz CT molecular complexity index is 524. The van der Waals surface area contributed by atoms with Gasteiger partial charge in [0.25, 0.3) is 0 Å². The zero-order chi connectivity index (χ0) is 13.2. The molecule has 0 fully saturated rings. The van der Waals surface area contributed by atoms with Crippen LogP contribution in [0.25, 0.3) is 0 Å². The maximum atomic E-state index is 5.64. The topological polar surface area (TPSA) is 50.9 Å². The van der Waals surface area contributed by atoms with E-state index in [0.717, 1.165) is 11.5 Å². The smallest absolute Gasteiger partial charge is 0.132 e. The van der Waals surface area contributed by atoms with Gasteiger partial charge in [0.2, 0.25) is 0 Å². The molecule has 0 aliphatic rings. The second-order valence-electron chi connectivity index (χ2n) is 5.40. The van der Waals surface area contributed by atoms with Crippen molar-refractivity contribution >= 4 is 17.3 Å². The van der Waals surface area contributed by atoms with E-state index in [1.54, 1.807) is 6.07 Å². The Morgan fingerprint density at radius 3 is 2.22 bits per heavy atom. The molecule has 1 heterocycles. The van der Waals surface area contributed by atoms with Gasteiger partial charge in [-0.25, -0.2) is 4.98 Å². The van der Waals surface area contributed by atoms with E-state index >= 15 is 0 Å². The molecule has 2 rings (SSSR count). The second-order valence-corrected chi connectivity index (χ2v) is 5.40. The molecule has 3 heteroatoms. The van der Waals surface area contributed by atoms with Crippen molar-refractivity contribution < 1.29 is 0 Å². The van der Waals surface area contributed by atoms with Crippen LogP contribution in [0.1, 0.15) is 26.3 Å². The van der Waals surface area contributed by atoms with E-state index in [2.05, 4.69) is 55.3 Å². The third-order valence-corrected chi connectivity index (χ3v) is 2.79. The Hall–Kier alpha value is -2.03. The summed E-state index contributed by atoms with van der Waals surface area (Å²) in [6.07, 6.45) is 0. The third kappa shape index (κ3) is 3.00. The van der Waals surface area contributed by atoms with Crippen LogP contribution in [0.5, 0.6) is 0 Å². The van der Waals surface area contributed by atoms with Crippen molar-refractivity contribution in [1.29, 1.82) is 0 Å². The molecule has 0 bridgehead atoms. The molecule has 0 saturated heterocycles. The number of nitrogens with one attached hydrogen (secondary N) is 1. The molecule has 0 spiro atoms. The fourth-order valence-electron chi connectivity index (χ4n) is 1.72. The van der Waals surface area contributed by atoms with Crippen molar-refractivity contribution in [3.8, 4) is 0 Å². The maximum Gasteiger partial charge on any atom is 0.132 e. The highest BCUT2D eigenvalue weighted by atomic mass is 15.0. The van der Waals surface area contributed by atoms with E-state index in [4.69, 9.17) is 5.73 Å². The van der Waals surface area contributed by atoms with Crippen LogP contribution >= 0.6 is 0 Å². The molecular formula is C15H19N3. The lowest BCUT2D eigenvalue weighted by molar-refractivity contribution is 0.590. The summed E-state index contributed by atoms with van der Waals surface area (Å²) in [4.78, 5) is 4.21. The summed E-state index contributed by atoms with van der Waals surface area (Å²) in [6.45, 7) is 6.61. The summed E-state index contributed by atoms with van der Waals surface area (Å²) >= 11 is 0. The van der Waals surface area contributed by atoms with Crippen LogP contribution in [0.2, 0.25) is 0 Å². The lowest BCUT2D eigenvalue weighted by Crippen LogP contribution is -2.10. The molecule has 3 N–H and O–H groups in total. The number of rotatable bonds is 2. The number of nitrogens with zero attached hydrogens (tertiary/aromatic N) is 1. The number of hydrogen-bond donors (Lipinski definition) is 2. The van der Waals surface area contributed by atoms with Crippen molar-refractivity contribution in [2.45, 2.75) is 26.2 Å². The summed E-state index contributed by atoms with van der Waals surface area (Å²) < 4.78 is 0. The fraction of sp³-hybridized carbons (Fsp3) is 0.267. The molecule has 0 radical (unpaired) electrons. The van der Waals surface area contributed by atoms with E-state index in [9.17, 15) is 0 Å². The lowest BCUT2D eigenvalue weighted by atomic mass is 9.87. The summed E-state index contributed by atoms with van der Waals surface area (Å²) in [5, 5.41) is 3.23. The minimum Gasteiger partial charge on any atom is -0.384 e. The predicted molar refractivity (Wildman–Crippen MR) is 77.1 cm³/mol. The molecule has 1 aromatic carbocycles. The molecule has 0 saturated carbocycles. The molecule has 2 aromatic rings. The van der Waals surface area contributed by atoms with Gasteiger partial charge in [-0.05, 0) is 35.2 Å². The SMILES string of the molecule is CC(C)(C)c1ccc(Nc2cccc(N)n2)cc1. The Labute approximate surface area is 108 Å². The highest BCUT2D eigenvalue weighted by molar-refractivity contribution is 5.58. The standard InChI is InChI=1S/C15H19N3/c1-15(2,3)11-7-9-12(10-8-11)17-14-6-4-5-13(16)18-14/h4-10H,1-3H3,(H3,16,17,18). The van der Waals surface area contributed by atoms with Gasteiger partial charge in [0.1, 0.15) is 11.6 Å². The van der Waals surface area contributed by atoms with Crippen molar-refractivity contribution in [1.82, 2.24) is 4.98 Å². The van der Waals surface area contributed by atoms with Crippen LogP contribution in [-0.4, -0.2) is 4.98 Å². The van der Waals surface area contributed by atoms with Gasteiger partial charge in [-0.15, -0.1) is 0 Å². The van der Waals surface area contributed by atoms with Crippen LogP contribution in [-0.2, 0) is 5.41 Å². The van der Waals surface area contributed by atoms with Gasteiger partial charge in [0, 0.05) is 5.69 Å². The van der Waals surface area contributed by atoms with Gasteiger partial charge < -0.3 is 11.1 Å². The van der Waals surface area contributed by atoms with E-state index in [0.29, 0.717) is 5.82 Å². The van der Waals surface area contributed by atoms with Crippen LogP contribution in [0.3, 0.4) is 0 Å². The Balaban J connectivity index is 2.16. The van der Waals surface area contributed by atoms with Crippen molar-refractivity contribution in [2.75, 3.05) is 11.1 Å². The lowest BCUT2D eigenvalue weighted by Gasteiger charge is -2.19. The Morgan fingerprint density at radius 1 is 1.00 bits per heavy atom. The van der Waals surface area contributed by atoms with Crippen LogP contribution < -0.4 is 11.1 Å². The van der Waals surface area contributed by atoms with Gasteiger partial charge in [0.05, 0.1) is 0 Å². The van der Waals surface area contributed by atoms with Crippen LogP contribution in [0.4, 0.5) is 17.3 Å². The number of anilines is 3. The average Bonchev–Trinajstić information content (AvgIpc) is 2.28. The molecular weight excluding hydrogens is 222 g/mol. The predicted octanol–water partition coefficient (Wildman–Crippen LogP) is 3.70. The van der Waals surface area contributed by atoms with E-state index in [-0.39, 0.29) is 5.41 Å². The average molecular weight is 241 g/mol. The zero-order valence-corrected chi connectivity index (χ0v) is 11.1. The molecule has 0 aliphatic heterocycles. The normalized spacial score (nSPS) is 11.3. The van der Waals surface area contributed by atoms with Crippen molar-refractivity contribution in [3.63, 3.8) is 0 Å². The van der Waals surface area contributed by atoms with Crippen LogP contribution in [0, 0.1) is 0 Å². The first kappa shape index (κ1) is 12.4. The first-order chi connectivity index (χ1) is 8.45. The van der Waals surface area contributed by atoms with Gasteiger partial charge in [-0.1, -0.05) is 39.0 Å². The summed E-state index contributed by atoms with van der Waals surface area (Å²) in [5.41, 5.74) is 8.15. The number of hydrogen-bond acceptors (Lipinski definition) is 3. The van der Waals surface area contributed by atoms with E-state index in [1.165, 1.54) is 5.56 Å². The third-order valence-electron chi connectivity index (χ3n) is 2.79. The minimum atomic E-state index is 0.175. The first-order valence-electron chi connectivity index (χ1n) is 6.05. The Morgan fingerprint density at radius 2 is 1.67 bits per heavy atom. The molecule has 3 nitrogen and oxygen atoms in total. The molecule has 18 heavy (non-hydrogen) atoms.